The molecule has 0 aliphatic rings. The second kappa shape index (κ2) is 13.5. The van der Waals surface area contributed by atoms with E-state index in [1.54, 1.807) is 26.0 Å². The van der Waals surface area contributed by atoms with Gasteiger partial charge >= 0.3 is 0 Å². The van der Waals surface area contributed by atoms with Crippen molar-refractivity contribution in [3.8, 4) is 22.9 Å². The third kappa shape index (κ3) is 7.98. The fraction of sp³-hybridized carbons (Fsp3) is 0.321. The lowest BCUT2D eigenvalue weighted by molar-refractivity contribution is 0.397. The number of ether oxygens (including phenoxy) is 2. The van der Waals surface area contributed by atoms with E-state index >= 15 is 0 Å². The van der Waals surface area contributed by atoms with Gasteiger partial charge in [0.05, 0.1) is 19.8 Å². The van der Waals surface area contributed by atoms with Crippen LogP contribution in [0, 0.1) is 0 Å². The Morgan fingerprint density at radius 1 is 0.902 bits per heavy atom. The minimum atomic E-state index is -4.09. The maximum absolute atomic E-state index is 14.8. The van der Waals surface area contributed by atoms with E-state index in [1.165, 1.54) is 4.31 Å². The number of aromatic nitrogens is 4. The molecule has 0 unspecified atom stereocenters. The largest absolute Gasteiger partial charge is 0.497 e. The van der Waals surface area contributed by atoms with Gasteiger partial charge in [-0.3, -0.25) is 0 Å². The summed E-state index contributed by atoms with van der Waals surface area (Å²) in [6, 6.07) is 19.6. The minimum Gasteiger partial charge on any atom is -0.497 e. The number of thioether (sulfide) groups is 1. The quantitative estimate of drug-likeness (QED) is 0.127. The van der Waals surface area contributed by atoms with Crippen molar-refractivity contribution in [1.29, 1.82) is 0 Å². The molecule has 0 radical (unpaired) electrons. The molecule has 218 valence electrons. The van der Waals surface area contributed by atoms with Crippen LogP contribution in [-0.4, -0.2) is 61.4 Å². The highest BCUT2D eigenvalue weighted by molar-refractivity contribution is 9.10. The average Bonchev–Trinajstić information content (AvgIpc) is 3.48. The summed E-state index contributed by atoms with van der Waals surface area (Å²) in [7, 11) is -2.23. The van der Waals surface area contributed by atoms with Gasteiger partial charge in [-0.05, 0) is 85.7 Å². The number of nitrogens with zero attached hydrogens (tertiary/aromatic N) is 4. The van der Waals surface area contributed by atoms with Crippen LogP contribution in [0.3, 0.4) is 0 Å². The van der Waals surface area contributed by atoms with Gasteiger partial charge in [-0.25, -0.2) is 13.5 Å². The van der Waals surface area contributed by atoms with Gasteiger partial charge in [0.25, 0.3) is 0 Å². The molecule has 13 heteroatoms. The van der Waals surface area contributed by atoms with Crippen molar-refractivity contribution in [3.05, 3.63) is 76.3 Å². The topological polar surface area (TPSA) is 110 Å². The van der Waals surface area contributed by atoms with Crippen molar-refractivity contribution < 1.29 is 17.9 Å². The summed E-state index contributed by atoms with van der Waals surface area (Å²) < 4.78 is 42.3. The molecule has 0 spiro atoms. The van der Waals surface area contributed by atoms with Gasteiger partial charge in [0.15, 0.2) is 5.82 Å². The number of sulfonamides is 1. The molecule has 0 fully saturated rings. The number of hydrogen-bond donors (Lipinski definition) is 1. The Kier molecular flexibility index (Phi) is 10.3. The fourth-order valence-electron chi connectivity index (χ4n) is 4.09. The highest BCUT2D eigenvalue weighted by Gasteiger charge is 2.33. The van der Waals surface area contributed by atoms with Gasteiger partial charge in [0.1, 0.15) is 16.4 Å². The smallest absolute Gasteiger partial charge is 0.245 e. The number of aromatic amines is 1. The molecule has 4 aromatic rings. The fourth-order valence-corrected chi connectivity index (χ4v) is 10.4. The molecule has 4 rings (SSSR count). The van der Waals surface area contributed by atoms with Crippen LogP contribution in [0.1, 0.15) is 11.1 Å². The molecular weight excluding hydrogens is 642 g/mol. The number of hydrogen-bond acceptors (Lipinski definition) is 8. The Balaban J connectivity index is 1.84. The lowest BCUT2D eigenvalue weighted by Crippen LogP contribution is -2.31. The number of tetrazole rings is 1. The first-order valence-corrected chi connectivity index (χ1v) is 19.9. The number of benzene rings is 3. The Morgan fingerprint density at radius 2 is 1.46 bits per heavy atom. The van der Waals surface area contributed by atoms with E-state index in [2.05, 4.69) is 56.2 Å². The summed E-state index contributed by atoms with van der Waals surface area (Å²) in [5, 5.41) is 14.3. The van der Waals surface area contributed by atoms with Gasteiger partial charge < -0.3 is 9.47 Å². The number of methoxy groups -OCH3 is 2. The van der Waals surface area contributed by atoms with E-state index < -0.39 is 18.1 Å². The van der Waals surface area contributed by atoms with Crippen LogP contribution in [0.4, 0.5) is 0 Å². The molecule has 0 saturated carbocycles. The number of nitrogens with one attached hydrogen (secondary N) is 1. The van der Waals surface area contributed by atoms with Gasteiger partial charge in [-0.15, -0.1) is 16.9 Å². The van der Waals surface area contributed by atoms with Gasteiger partial charge in [0.2, 0.25) is 10.0 Å². The van der Waals surface area contributed by atoms with E-state index in [4.69, 9.17) is 9.47 Å². The summed E-state index contributed by atoms with van der Waals surface area (Å²) in [6.45, 7) is 7.23. The van der Waals surface area contributed by atoms with E-state index in [0.717, 1.165) is 22.9 Å². The number of H-pyrrole nitrogens is 1. The number of halogens is 1. The van der Waals surface area contributed by atoms with Crippen LogP contribution < -0.4 is 9.47 Å². The minimum absolute atomic E-state index is 0.151. The highest BCUT2D eigenvalue weighted by atomic mass is 79.9. The monoisotopic (exact) mass is 675 g/mol. The second-order valence-corrected chi connectivity index (χ2v) is 20.1. The van der Waals surface area contributed by atoms with Crippen molar-refractivity contribution in [2.24, 2.45) is 0 Å². The average molecular weight is 677 g/mol. The van der Waals surface area contributed by atoms with E-state index in [1.807, 2.05) is 60.7 Å². The van der Waals surface area contributed by atoms with E-state index in [-0.39, 0.29) is 23.8 Å². The maximum atomic E-state index is 14.8. The molecule has 41 heavy (non-hydrogen) atoms. The number of rotatable bonds is 13. The summed E-state index contributed by atoms with van der Waals surface area (Å²) >= 11 is 5.13. The zero-order chi connectivity index (χ0) is 29.6. The molecule has 1 aromatic heterocycles. The predicted octanol–water partition coefficient (Wildman–Crippen LogP) is 6.47. The first-order chi connectivity index (χ1) is 19.5. The lowest BCUT2D eigenvalue weighted by Gasteiger charge is -2.26. The molecule has 0 aliphatic carbocycles. The van der Waals surface area contributed by atoms with Crippen LogP contribution in [0.25, 0.3) is 11.4 Å². The maximum Gasteiger partial charge on any atom is 0.245 e. The zero-order valence-electron chi connectivity index (χ0n) is 23.7. The first kappa shape index (κ1) is 31.2. The van der Waals surface area contributed by atoms with Crippen molar-refractivity contribution in [2.75, 3.05) is 20.0 Å². The molecule has 0 bridgehead atoms. The van der Waals surface area contributed by atoms with Crippen LogP contribution >= 0.6 is 27.7 Å². The zero-order valence-corrected chi connectivity index (χ0v) is 27.9. The Morgan fingerprint density at radius 3 is 1.93 bits per heavy atom. The summed E-state index contributed by atoms with van der Waals surface area (Å²) in [5.74, 6) is 2.49. The molecule has 3 aromatic carbocycles. The summed E-state index contributed by atoms with van der Waals surface area (Å²) in [5.41, 5.74) is 2.06. The molecular formula is C28H34BrN5O4S2Si. The van der Waals surface area contributed by atoms with Gasteiger partial charge in [-0.1, -0.05) is 43.9 Å². The summed E-state index contributed by atoms with van der Waals surface area (Å²) in [6.07, 6.45) is 0. The lowest BCUT2D eigenvalue weighted by atomic mass is 10.2. The first-order valence-electron chi connectivity index (χ1n) is 13.0. The van der Waals surface area contributed by atoms with E-state index in [0.29, 0.717) is 26.4 Å². The van der Waals surface area contributed by atoms with Crippen molar-refractivity contribution in [3.63, 3.8) is 0 Å². The van der Waals surface area contributed by atoms with Crippen LogP contribution in [-0.2, 0) is 23.1 Å². The van der Waals surface area contributed by atoms with Crippen molar-refractivity contribution in [2.45, 2.75) is 48.6 Å². The molecule has 0 aliphatic heterocycles. The summed E-state index contributed by atoms with van der Waals surface area (Å²) in [4.78, 5) is 0.834. The standard InChI is InChI=1S/C28H34BrN5O4S2Si/c1-37-22-10-6-20(7-11-22)18-34(19-21-8-12-23(38-2)13-9-21)40(35,36)27-25(39-16-17-41(3,4)5)15-14-24(29)26(27)28-30-32-33-31-28/h6-15H,16-19H2,1-5H3,(H,30,31,32,33). The van der Waals surface area contributed by atoms with Crippen LogP contribution in [0.5, 0.6) is 11.5 Å². The normalized spacial score (nSPS) is 12.1. The third-order valence-corrected chi connectivity index (χ3v) is 12.2. The Hall–Kier alpha value is -2.71. The van der Waals surface area contributed by atoms with E-state index in [9.17, 15) is 8.42 Å². The van der Waals surface area contributed by atoms with Gasteiger partial charge in [0, 0.05) is 30.5 Å². The van der Waals surface area contributed by atoms with Crippen LogP contribution in [0.2, 0.25) is 25.7 Å². The van der Waals surface area contributed by atoms with Crippen molar-refractivity contribution >= 4 is 45.8 Å². The van der Waals surface area contributed by atoms with Crippen LogP contribution in [0.15, 0.2) is 74.9 Å². The third-order valence-electron chi connectivity index (χ3n) is 6.40. The highest BCUT2D eigenvalue weighted by Crippen LogP contribution is 2.41. The SMILES string of the molecule is COc1ccc(CN(Cc2ccc(OC)cc2)S(=O)(=O)c2c(SCC[Si](C)(C)C)ccc(Br)c2-c2nnn[nH]2)cc1. The molecule has 0 atom stereocenters. The molecule has 0 saturated heterocycles. The second-order valence-electron chi connectivity index (χ2n) is 10.6. The molecule has 0 amide bonds. The molecule has 1 heterocycles. The predicted molar refractivity (Wildman–Crippen MR) is 169 cm³/mol. The Labute approximate surface area is 255 Å². The Bertz CT molecular complexity index is 1500. The van der Waals surface area contributed by atoms with Crippen molar-refractivity contribution in [1.82, 2.24) is 24.9 Å². The molecule has 1 N–H and O–H groups in total. The molecule has 9 nitrogen and oxygen atoms in total. The van der Waals surface area contributed by atoms with Gasteiger partial charge in [-0.2, -0.15) is 4.31 Å².